The Hall–Kier alpha value is -3.71. The molecule has 0 aliphatic heterocycles. The van der Waals surface area contributed by atoms with Crippen molar-refractivity contribution in [1.29, 1.82) is 0 Å². The van der Waals surface area contributed by atoms with Crippen molar-refractivity contribution in [3.05, 3.63) is 114 Å². The molecule has 0 spiro atoms. The van der Waals surface area contributed by atoms with Gasteiger partial charge in [0.15, 0.2) is 0 Å². The Kier molecular flexibility index (Phi) is 4.88. The molecule has 31 heavy (non-hydrogen) atoms. The normalized spacial score (nSPS) is 11.1. The van der Waals surface area contributed by atoms with E-state index >= 15 is 0 Å². The third-order valence-electron chi connectivity index (χ3n) is 6.12. The first-order chi connectivity index (χ1) is 15.1. The van der Waals surface area contributed by atoms with E-state index in [1.54, 1.807) is 0 Å². The molecule has 0 fully saturated rings. The van der Waals surface area contributed by atoms with Crippen LogP contribution in [0.1, 0.15) is 16.8 Å². The van der Waals surface area contributed by atoms with Crippen LogP contribution in [0.25, 0.3) is 44.3 Å². The Balaban J connectivity index is 1.53. The lowest BCUT2D eigenvalue weighted by Gasteiger charge is -2.11. The Morgan fingerprint density at radius 3 is 1.81 bits per heavy atom. The average Bonchev–Trinajstić information content (AvgIpc) is 2.81. The number of aromatic nitrogens is 1. The van der Waals surface area contributed by atoms with Gasteiger partial charge in [0.2, 0.25) is 0 Å². The second-order valence-electron chi connectivity index (χ2n) is 8.27. The summed E-state index contributed by atoms with van der Waals surface area (Å²) in [6, 6.07) is 34.7. The molecule has 0 saturated heterocycles. The number of nitrogens with zero attached hydrogens (tertiary/aromatic N) is 1. The van der Waals surface area contributed by atoms with Crippen molar-refractivity contribution in [2.24, 2.45) is 0 Å². The van der Waals surface area contributed by atoms with E-state index < -0.39 is 0 Å². The van der Waals surface area contributed by atoms with Gasteiger partial charge in [-0.15, -0.1) is 0 Å². The first-order valence-electron chi connectivity index (χ1n) is 10.7. The zero-order valence-electron chi connectivity index (χ0n) is 18.2. The van der Waals surface area contributed by atoms with Gasteiger partial charge in [-0.05, 0) is 77.7 Å². The summed E-state index contributed by atoms with van der Waals surface area (Å²) in [6.07, 6.45) is 0. The quantitative estimate of drug-likeness (QED) is 0.298. The molecule has 0 aliphatic rings. The molecule has 4 aromatic carbocycles. The van der Waals surface area contributed by atoms with Gasteiger partial charge < -0.3 is 0 Å². The highest BCUT2D eigenvalue weighted by molar-refractivity contribution is 5.89. The second-order valence-corrected chi connectivity index (χ2v) is 8.27. The molecule has 1 heteroatoms. The fraction of sp³-hybridized carbons (Fsp3) is 0.100. The van der Waals surface area contributed by atoms with Gasteiger partial charge in [0.25, 0.3) is 0 Å². The van der Waals surface area contributed by atoms with Crippen LogP contribution in [0, 0.1) is 20.8 Å². The fourth-order valence-corrected chi connectivity index (χ4v) is 4.18. The summed E-state index contributed by atoms with van der Waals surface area (Å²) in [7, 11) is 0. The summed E-state index contributed by atoms with van der Waals surface area (Å²) in [4.78, 5) is 4.93. The average molecular weight is 400 g/mol. The summed E-state index contributed by atoms with van der Waals surface area (Å²) in [6.45, 7) is 6.44. The van der Waals surface area contributed by atoms with Gasteiger partial charge in [0, 0.05) is 16.6 Å². The van der Waals surface area contributed by atoms with Crippen molar-refractivity contribution in [1.82, 2.24) is 4.98 Å². The molecular formula is C30H25N. The van der Waals surface area contributed by atoms with Gasteiger partial charge in [-0.1, -0.05) is 78.9 Å². The zero-order chi connectivity index (χ0) is 21.4. The van der Waals surface area contributed by atoms with Gasteiger partial charge in [0.05, 0.1) is 5.69 Å². The number of pyridine rings is 1. The first kappa shape index (κ1) is 19.3. The van der Waals surface area contributed by atoms with Crippen molar-refractivity contribution < 1.29 is 0 Å². The third-order valence-corrected chi connectivity index (χ3v) is 6.12. The molecule has 0 amide bonds. The van der Waals surface area contributed by atoms with Crippen LogP contribution in [-0.4, -0.2) is 4.98 Å². The van der Waals surface area contributed by atoms with Crippen LogP contribution in [-0.2, 0) is 0 Å². The molecule has 0 unspecified atom stereocenters. The summed E-state index contributed by atoms with van der Waals surface area (Å²) in [5, 5.41) is 2.49. The largest absolute Gasteiger partial charge is 0.252 e. The van der Waals surface area contributed by atoms with E-state index in [1.807, 2.05) is 6.07 Å². The van der Waals surface area contributed by atoms with Crippen LogP contribution in [0.15, 0.2) is 97.1 Å². The highest BCUT2D eigenvalue weighted by atomic mass is 14.7. The van der Waals surface area contributed by atoms with Gasteiger partial charge >= 0.3 is 0 Å². The summed E-state index contributed by atoms with van der Waals surface area (Å²) in [5.74, 6) is 0. The van der Waals surface area contributed by atoms with Gasteiger partial charge in [0.1, 0.15) is 0 Å². The highest BCUT2D eigenvalue weighted by Gasteiger charge is 2.08. The number of aryl methyl sites for hydroxylation is 3. The maximum Gasteiger partial charge on any atom is 0.0711 e. The predicted molar refractivity (Wildman–Crippen MR) is 132 cm³/mol. The third kappa shape index (κ3) is 3.75. The molecule has 0 saturated carbocycles. The lowest BCUT2D eigenvalue weighted by Crippen LogP contribution is -1.92. The van der Waals surface area contributed by atoms with Gasteiger partial charge in [-0.2, -0.15) is 0 Å². The number of rotatable bonds is 3. The molecule has 0 N–H and O–H groups in total. The minimum atomic E-state index is 1.02. The van der Waals surface area contributed by atoms with Crippen LogP contribution in [0.5, 0.6) is 0 Å². The lowest BCUT2D eigenvalue weighted by atomic mass is 9.97. The van der Waals surface area contributed by atoms with E-state index in [2.05, 4.69) is 112 Å². The topological polar surface area (TPSA) is 12.9 Å². The molecule has 0 aliphatic carbocycles. The van der Waals surface area contributed by atoms with E-state index in [9.17, 15) is 0 Å². The monoisotopic (exact) mass is 399 g/mol. The molecule has 0 bridgehead atoms. The number of benzene rings is 4. The summed E-state index contributed by atoms with van der Waals surface area (Å²) in [5.41, 5.74) is 10.8. The van der Waals surface area contributed by atoms with E-state index in [0.29, 0.717) is 0 Å². The van der Waals surface area contributed by atoms with E-state index in [-0.39, 0.29) is 0 Å². The van der Waals surface area contributed by atoms with Crippen molar-refractivity contribution in [3.8, 4) is 33.5 Å². The van der Waals surface area contributed by atoms with Gasteiger partial charge in [-0.25, -0.2) is 0 Å². The Labute approximate surface area is 184 Å². The van der Waals surface area contributed by atoms with Crippen LogP contribution < -0.4 is 0 Å². The van der Waals surface area contributed by atoms with E-state index in [4.69, 9.17) is 4.98 Å². The van der Waals surface area contributed by atoms with E-state index in [1.165, 1.54) is 44.2 Å². The SMILES string of the molecule is Cc1cc2cc(-c3cccc(-c4ccc(-c5ccccc5)cc4)c3)nc(C)c2cc1C. The van der Waals surface area contributed by atoms with Crippen molar-refractivity contribution in [2.75, 3.05) is 0 Å². The smallest absolute Gasteiger partial charge is 0.0711 e. The Morgan fingerprint density at radius 1 is 0.484 bits per heavy atom. The molecule has 5 rings (SSSR count). The minimum Gasteiger partial charge on any atom is -0.252 e. The Bertz CT molecular complexity index is 1380. The van der Waals surface area contributed by atoms with E-state index in [0.717, 1.165) is 17.0 Å². The van der Waals surface area contributed by atoms with Crippen LogP contribution in [0.2, 0.25) is 0 Å². The van der Waals surface area contributed by atoms with Gasteiger partial charge in [-0.3, -0.25) is 4.98 Å². The predicted octanol–water partition coefficient (Wildman–Crippen LogP) is 8.16. The first-order valence-corrected chi connectivity index (χ1v) is 10.7. The molecule has 1 heterocycles. The zero-order valence-corrected chi connectivity index (χ0v) is 18.2. The molecular weight excluding hydrogens is 374 g/mol. The summed E-state index contributed by atoms with van der Waals surface area (Å²) < 4.78 is 0. The molecule has 1 nitrogen and oxygen atoms in total. The van der Waals surface area contributed by atoms with Crippen LogP contribution in [0.4, 0.5) is 0 Å². The number of hydrogen-bond acceptors (Lipinski definition) is 1. The molecule has 5 aromatic rings. The van der Waals surface area contributed by atoms with Crippen LogP contribution in [0.3, 0.4) is 0 Å². The highest BCUT2D eigenvalue weighted by Crippen LogP contribution is 2.30. The summed E-state index contributed by atoms with van der Waals surface area (Å²) >= 11 is 0. The lowest BCUT2D eigenvalue weighted by molar-refractivity contribution is 1.23. The molecule has 0 radical (unpaired) electrons. The fourth-order valence-electron chi connectivity index (χ4n) is 4.18. The molecule has 150 valence electrons. The van der Waals surface area contributed by atoms with Crippen molar-refractivity contribution >= 4 is 10.8 Å². The van der Waals surface area contributed by atoms with Crippen molar-refractivity contribution in [2.45, 2.75) is 20.8 Å². The van der Waals surface area contributed by atoms with Crippen LogP contribution >= 0.6 is 0 Å². The number of fused-ring (bicyclic) bond motifs is 1. The maximum absolute atomic E-state index is 4.93. The standard InChI is InChI=1S/C30H25N/c1-20-16-28-19-30(31-22(3)29(28)17-21(20)2)27-11-7-10-26(18-27)25-14-12-24(13-15-25)23-8-5-4-6-9-23/h4-19H,1-3H3. The molecule has 1 aromatic heterocycles. The number of hydrogen-bond donors (Lipinski definition) is 0. The van der Waals surface area contributed by atoms with Crippen molar-refractivity contribution in [3.63, 3.8) is 0 Å². The molecule has 0 atom stereocenters. The maximum atomic E-state index is 4.93. The second kappa shape index (κ2) is 7.85. The minimum absolute atomic E-state index is 1.02. The Morgan fingerprint density at radius 2 is 1.06 bits per heavy atom.